The molecule has 0 aliphatic carbocycles. The van der Waals surface area contributed by atoms with Crippen LogP contribution in [0.4, 0.5) is 0 Å². The Morgan fingerprint density at radius 3 is 2.56 bits per heavy atom. The first kappa shape index (κ1) is 6.87. The first-order chi connectivity index (χ1) is 4.25. The Hall–Kier alpha value is -0.240. The van der Waals surface area contributed by atoms with Gasteiger partial charge in [0, 0.05) is 23.4 Å². The smallest absolute Gasteiger partial charge is 0.0384 e. The Labute approximate surface area is 63.8 Å². The zero-order chi connectivity index (χ0) is 6.85. The van der Waals surface area contributed by atoms with E-state index in [1.165, 1.54) is 10.2 Å². The second-order valence-corrected chi connectivity index (χ2v) is 2.93. The van der Waals surface area contributed by atoms with Gasteiger partial charge >= 0.3 is 0 Å². The molecule has 0 saturated carbocycles. The third-order valence-corrected chi connectivity index (χ3v) is 2.20. The van der Waals surface area contributed by atoms with Crippen molar-refractivity contribution in [2.75, 3.05) is 0 Å². The maximum Gasteiger partial charge on any atom is 0.0384 e. The van der Waals surface area contributed by atoms with Crippen LogP contribution in [0.15, 0.2) is 16.7 Å². The Morgan fingerprint density at radius 1 is 1.67 bits per heavy atom. The second kappa shape index (κ2) is 2.56. The van der Waals surface area contributed by atoms with Crippen LogP contribution in [0.1, 0.15) is 12.6 Å². The molecule has 1 aromatic heterocycles. The van der Waals surface area contributed by atoms with Crippen LogP contribution in [0.3, 0.4) is 0 Å². The van der Waals surface area contributed by atoms with Gasteiger partial charge in [-0.2, -0.15) is 0 Å². The van der Waals surface area contributed by atoms with Crippen molar-refractivity contribution in [1.82, 2.24) is 4.57 Å². The quantitative estimate of drug-likeness (QED) is 0.637. The third-order valence-electron chi connectivity index (χ3n) is 1.48. The molecule has 1 nitrogen and oxygen atoms in total. The zero-order valence-electron chi connectivity index (χ0n) is 5.69. The van der Waals surface area contributed by atoms with Gasteiger partial charge in [0.05, 0.1) is 0 Å². The van der Waals surface area contributed by atoms with Gasteiger partial charge in [0.15, 0.2) is 0 Å². The monoisotopic (exact) mass is 187 g/mol. The van der Waals surface area contributed by atoms with Crippen molar-refractivity contribution in [3.63, 3.8) is 0 Å². The number of hydrogen-bond donors (Lipinski definition) is 0. The van der Waals surface area contributed by atoms with Gasteiger partial charge in [-0.15, -0.1) is 0 Å². The zero-order valence-corrected chi connectivity index (χ0v) is 7.27. The van der Waals surface area contributed by atoms with E-state index < -0.39 is 0 Å². The summed E-state index contributed by atoms with van der Waals surface area (Å²) in [7, 11) is 2.06. The molecule has 0 amide bonds. The average Bonchev–Trinajstić information content (AvgIpc) is 2.12. The van der Waals surface area contributed by atoms with Gasteiger partial charge in [-0.25, -0.2) is 0 Å². The van der Waals surface area contributed by atoms with Crippen LogP contribution in [-0.2, 0) is 13.5 Å². The van der Waals surface area contributed by atoms with Crippen molar-refractivity contribution < 1.29 is 0 Å². The fourth-order valence-electron chi connectivity index (χ4n) is 0.950. The molecular formula is C7H10BrN. The van der Waals surface area contributed by atoms with E-state index in [2.05, 4.69) is 46.7 Å². The van der Waals surface area contributed by atoms with E-state index in [1.54, 1.807) is 0 Å². The Bertz CT molecular complexity index is 183. The minimum absolute atomic E-state index is 1.09. The van der Waals surface area contributed by atoms with E-state index in [0.29, 0.717) is 0 Å². The summed E-state index contributed by atoms with van der Waals surface area (Å²) in [6.45, 7) is 2.15. The Morgan fingerprint density at radius 2 is 2.33 bits per heavy atom. The Kier molecular flexibility index (Phi) is 1.96. The summed E-state index contributed by atoms with van der Waals surface area (Å²) in [5.74, 6) is 0. The fraction of sp³-hybridized carbons (Fsp3) is 0.429. The molecule has 0 unspecified atom stereocenters. The van der Waals surface area contributed by atoms with Crippen LogP contribution in [-0.4, -0.2) is 4.57 Å². The minimum atomic E-state index is 1.09. The lowest BCUT2D eigenvalue weighted by Gasteiger charge is -1.97. The summed E-state index contributed by atoms with van der Waals surface area (Å²) >= 11 is 3.46. The molecule has 0 saturated heterocycles. The normalized spacial score (nSPS) is 10.1. The van der Waals surface area contributed by atoms with Gasteiger partial charge in [0.2, 0.25) is 0 Å². The van der Waals surface area contributed by atoms with Crippen LogP contribution < -0.4 is 0 Å². The van der Waals surface area contributed by atoms with E-state index in [0.717, 1.165) is 6.42 Å². The molecule has 0 aliphatic heterocycles. The van der Waals surface area contributed by atoms with E-state index in [4.69, 9.17) is 0 Å². The lowest BCUT2D eigenvalue weighted by atomic mass is 10.3. The minimum Gasteiger partial charge on any atom is -0.353 e. The molecule has 2 heteroatoms. The third kappa shape index (κ3) is 1.18. The van der Waals surface area contributed by atoms with Crippen LogP contribution in [0, 0.1) is 0 Å². The summed E-state index contributed by atoms with van der Waals surface area (Å²) in [6, 6.07) is 2.07. The molecular weight excluding hydrogens is 178 g/mol. The number of nitrogens with zero attached hydrogens (tertiary/aromatic N) is 1. The molecule has 0 radical (unpaired) electrons. The van der Waals surface area contributed by atoms with Crippen molar-refractivity contribution in [2.45, 2.75) is 13.3 Å². The molecule has 50 valence electrons. The van der Waals surface area contributed by atoms with E-state index >= 15 is 0 Å². The number of aryl methyl sites for hydroxylation is 1. The van der Waals surface area contributed by atoms with Gasteiger partial charge in [-0.1, -0.05) is 6.92 Å². The number of hydrogen-bond acceptors (Lipinski definition) is 0. The van der Waals surface area contributed by atoms with Crippen molar-refractivity contribution in [3.8, 4) is 0 Å². The molecule has 0 fully saturated rings. The first-order valence-corrected chi connectivity index (χ1v) is 3.84. The molecule has 0 aromatic carbocycles. The standard InChI is InChI=1S/C7H10BrN/c1-3-7-6(8)4-5-9(7)2/h4-5H,3H2,1-2H3. The molecule has 0 atom stereocenters. The predicted molar refractivity (Wildman–Crippen MR) is 42.5 cm³/mol. The first-order valence-electron chi connectivity index (χ1n) is 3.05. The van der Waals surface area contributed by atoms with Crippen molar-refractivity contribution in [3.05, 3.63) is 22.4 Å². The van der Waals surface area contributed by atoms with E-state index in [1.807, 2.05) is 0 Å². The van der Waals surface area contributed by atoms with E-state index in [9.17, 15) is 0 Å². The molecule has 0 aliphatic rings. The molecule has 1 rings (SSSR count). The summed E-state index contributed by atoms with van der Waals surface area (Å²) in [5.41, 5.74) is 1.36. The maximum atomic E-state index is 3.46. The summed E-state index contributed by atoms with van der Waals surface area (Å²) in [6.07, 6.45) is 3.15. The number of rotatable bonds is 1. The number of halogens is 1. The predicted octanol–water partition coefficient (Wildman–Crippen LogP) is 2.35. The van der Waals surface area contributed by atoms with Gasteiger partial charge in [-0.05, 0) is 28.4 Å². The van der Waals surface area contributed by atoms with Crippen molar-refractivity contribution in [2.24, 2.45) is 7.05 Å². The van der Waals surface area contributed by atoms with Crippen LogP contribution >= 0.6 is 15.9 Å². The van der Waals surface area contributed by atoms with Gasteiger partial charge in [0.1, 0.15) is 0 Å². The van der Waals surface area contributed by atoms with Gasteiger partial charge in [0.25, 0.3) is 0 Å². The molecule has 0 N–H and O–H groups in total. The molecule has 1 heterocycles. The molecule has 0 bridgehead atoms. The van der Waals surface area contributed by atoms with Crippen molar-refractivity contribution >= 4 is 15.9 Å². The highest BCUT2D eigenvalue weighted by molar-refractivity contribution is 9.10. The summed E-state index contributed by atoms with van der Waals surface area (Å²) in [4.78, 5) is 0. The lowest BCUT2D eigenvalue weighted by Crippen LogP contribution is -1.91. The number of aromatic nitrogens is 1. The SMILES string of the molecule is CCc1c(Br)ccn1C. The molecule has 0 spiro atoms. The van der Waals surface area contributed by atoms with Crippen molar-refractivity contribution in [1.29, 1.82) is 0 Å². The largest absolute Gasteiger partial charge is 0.353 e. The second-order valence-electron chi connectivity index (χ2n) is 2.07. The maximum absolute atomic E-state index is 3.46. The summed E-state index contributed by atoms with van der Waals surface area (Å²) in [5, 5.41) is 0. The Balaban J connectivity index is 3.07. The van der Waals surface area contributed by atoms with Crippen LogP contribution in [0.2, 0.25) is 0 Å². The highest BCUT2D eigenvalue weighted by Crippen LogP contribution is 2.16. The van der Waals surface area contributed by atoms with E-state index in [-0.39, 0.29) is 0 Å². The van der Waals surface area contributed by atoms with Gasteiger partial charge in [-0.3, -0.25) is 0 Å². The lowest BCUT2D eigenvalue weighted by molar-refractivity contribution is 0.834. The fourth-order valence-corrected chi connectivity index (χ4v) is 1.63. The highest BCUT2D eigenvalue weighted by Gasteiger charge is 1.98. The van der Waals surface area contributed by atoms with Gasteiger partial charge < -0.3 is 4.57 Å². The topological polar surface area (TPSA) is 4.93 Å². The summed E-state index contributed by atoms with van der Waals surface area (Å²) < 4.78 is 3.34. The van der Waals surface area contributed by atoms with Crippen LogP contribution in [0.5, 0.6) is 0 Å². The average molecular weight is 188 g/mol. The highest BCUT2D eigenvalue weighted by atomic mass is 79.9. The van der Waals surface area contributed by atoms with Crippen LogP contribution in [0.25, 0.3) is 0 Å². The molecule has 9 heavy (non-hydrogen) atoms. The molecule has 1 aromatic rings.